The molecular weight excluding hydrogens is 236 g/mol. The molecule has 2 rings (SSSR count). The Morgan fingerprint density at radius 3 is 2.76 bits per heavy atom. The fourth-order valence-corrected chi connectivity index (χ4v) is 2.55. The van der Waals surface area contributed by atoms with Crippen LogP contribution in [-0.4, -0.2) is 5.91 Å². The number of benzene rings is 1. The van der Waals surface area contributed by atoms with Crippen molar-refractivity contribution in [2.24, 2.45) is 5.73 Å². The van der Waals surface area contributed by atoms with Crippen LogP contribution in [0.5, 0.6) is 0 Å². The van der Waals surface area contributed by atoms with Gasteiger partial charge in [0, 0.05) is 6.04 Å². The summed E-state index contributed by atoms with van der Waals surface area (Å²) in [7, 11) is 0. The molecule has 0 radical (unpaired) electrons. The maximum Gasteiger partial charge on any atom is 0.232 e. The van der Waals surface area contributed by atoms with E-state index >= 15 is 0 Å². The van der Waals surface area contributed by atoms with E-state index < -0.39 is 0 Å². The molecule has 0 bridgehead atoms. The summed E-state index contributed by atoms with van der Waals surface area (Å²) >= 11 is 6.19. The van der Waals surface area contributed by atoms with Crippen LogP contribution in [0.3, 0.4) is 0 Å². The lowest BCUT2D eigenvalue weighted by Crippen LogP contribution is -2.11. The van der Waals surface area contributed by atoms with E-state index in [0.29, 0.717) is 5.02 Å². The summed E-state index contributed by atoms with van der Waals surface area (Å²) in [6.07, 6.45) is 1.63. The van der Waals surface area contributed by atoms with Crippen molar-refractivity contribution in [2.45, 2.75) is 38.6 Å². The van der Waals surface area contributed by atoms with Gasteiger partial charge in [0.15, 0.2) is 0 Å². The molecule has 1 amide bonds. The first-order valence-electron chi connectivity index (χ1n) is 5.98. The fraction of sp³-hybridized carbons (Fsp3) is 0.462. The Kier molecular flexibility index (Phi) is 3.40. The SMILES string of the molecule is CCC(N)c1cc(Cl)c2c(c1)C(CC)C(=O)N2. The molecule has 1 aromatic rings. The zero-order valence-electron chi connectivity index (χ0n) is 10.1. The monoisotopic (exact) mass is 252 g/mol. The Labute approximate surface area is 106 Å². The number of amides is 1. The first-order chi connectivity index (χ1) is 8.08. The van der Waals surface area contributed by atoms with Crippen LogP contribution in [0.15, 0.2) is 12.1 Å². The second kappa shape index (κ2) is 4.67. The van der Waals surface area contributed by atoms with Gasteiger partial charge in [0.2, 0.25) is 5.91 Å². The number of nitrogens with one attached hydrogen (secondary N) is 1. The Morgan fingerprint density at radius 1 is 1.47 bits per heavy atom. The normalized spacial score (nSPS) is 20.0. The van der Waals surface area contributed by atoms with Crippen LogP contribution in [0.1, 0.15) is 49.8 Å². The second-order valence-corrected chi connectivity index (χ2v) is 4.84. The van der Waals surface area contributed by atoms with Crippen LogP contribution in [0.25, 0.3) is 0 Å². The molecule has 0 fully saturated rings. The Bertz CT molecular complexity index is 459. The predicted octanol–water partition coefficient (Wildman–Crippen LogP) is 3.20. The van der Waals surface area contributed by atoms with E-state index in [0.717, 1.165) is 29.7 Å². The molecule has 1 aliphatic heterocycles. The van der Waals surface area contributed by atoms with Gasteiger partial charge in [0.1, 0.15) is 0 Å². The second-order valence-electron chi connectivity index (χ2n) is 4.43. The number of nitrogens with two attached hydrogens (primary N) is 1. The van der Waals surface area contributed by atoms with Crippen LogP contribution in [0, 0.1) is 0 Å². The summed E-state index contributed by atoms with van der Waals surface area (Å²) in [5, 5.41) is 3.43. The standard InChI is InChI=1S/C13H17ClN2O/c1-3-8-9-5-7(11(15)4-2)6-10(14)12(9)16-13(8)17/h5-6,8,11H,3-4,15H2,1-2H3,(H,16,17). The topological polar surface area (TPSA) is 55.1 Å². The van der Waals surface area contributed by atoms with Crippen LogP contribution < -0.4 is 11.1 Å². The Hall–Kier alpha value is -1.06. The fourth-order valence-electron chi connectivity index (χ4n) is 2.26. The third-order valence-electron chi connectivity index (χ3n) is 3.36. The zero-order valence-corrected chi connectivity index (χ0v) is 10.8. The van der Waals surface area contributed by atoms with Gasteiger partial charge in [-0.1, -0.05) is 31.5 Å². The highest BCUT2D eigenvalue weighted by atomic mass is 35.5. The number of fused-ring (bicyclic) bond motifs is 1. The highest BCUT2D eigenvalue weighted by molar-refractivity contribution is 6.34. The van der Waals surface area contributed by atoms with Crippen molar-refractivity contribution in [1.82, 2.24) is 0 Å². The predicted molar refractivity (Wildman–Crippen MR) is 70.3 cm³/mol. The summed E-state index contributed by atoms with van der Waals surface area (Å²) in [5.41, 5.74) is 8.77. The molecule has 0 saturated carbocycles. The minimum atomic E-state index is -0.0912. The van der Waals surface area contributed by atoms with Crippen LogP contribution in [0.4, 0.5) is 5.69 Å². The van der Waals surface area contributed by atoms with Crippen molar-refractivity contribution >= 4 is 23.2 Å². The van der Waals surface area contributed by atoms with E-state index in [1.54, 1.807) is 0 Å². The van der Waals surface area contributed by atoms with Gasteiger partial charge >= 0.3 is 0 Å². The van der Waals surface area contributed by atoms with E-state index in [2.05, 4.69) is 5.32 Å². The van der Waals surface area contributed by atoms with Crippen molar-refractivity contribution in [3.8, 4) is 0 Å². The Morgan fingerprint density at radius 2 is 2.18 bits per heavy atom. The lowest BCUT2D eigenvalue weighted by Gasteiger charge is -2.13. The van der Waals surface area contributed by atoms with E-state index in [-0.39, 0.29) is 17.9 Å². The lowest BCUT2D eigenvalue weighted by atomic mass is 9.94. The van der Waals surface area contributed by atoms with Gasteiger partial charge < -0.3 is 11.1 Å². The van der Waals surface area contributed by atoms with Gasteiger partial charge in [-0.15, -0.1) is 0 Å². The van der Waals surface area contributed by atoms with E-state index in [9.17, 15) is 4.79 Å². The largest absolute Gasteiger partial charge is 0.324 e. The summed E-state index contributed by atoms with van der Waals surface area (Å²) in [6, 6.07) is 3.85. The first-order valence-corrected chi connectivity index (χ1v) is 6.36. The van der Waals surface area contributed by atoms with Gasteiger partial charge in [-0.3, -0.25) is 4.79 Å². The number of anilines is 1. The molecule has 17 heavy (non-hydrogen) atoms. The summed E-state index contributed by atoms with van der Waals surface area (Å²) in [5.74, 6) is -0.0573. The average molecular weight is 253 g/mol. The molecule has 0 spiro atoms. The average Bonchev–Trinajstić information content (AvgIpc) is 2.64. The molecular formula is C13H17ClN2O. The van der Waals surface area contributed by atoms with Crippen LogP contribution in [-0.2, 0) is 4.79 Å². The molecule has 92 valence electrons. The summed E-state index contributed by atoms with van der Waals surface area (Å²) < 4.78 is 0. The number of hydrogen-bond acceptors (Lipinski definition) is 2. The van der Waals surface area contributed by atoms with Crippen molar-refractivity contribution in [3.05, 3.63) is 28.3 Å². The van der Waals surface area contributed by atoms with E-state index in [1.165, 1.54) is 0 Å². The zero-order chi connectivity index (χ0) is 12.6. The van der Waals surface area contributed by atoms with Gasteiger partial charge in [-0.2, -0.15) is 0 Å². The Balaban J connectivity index is 2.50. The number of hydrogen-bond donors (Lipinski definition) is 2. The molecule has 0 aromatic heterocycles. The minimum Gasteiger partial charge on any atom is -0.324 e. The highest BCUT2D eigenvalue weighted by Crippen LogP contribution is 2.41. The molecule has 1 aromatic carbocycles. The summed E-state index contributed by atoms with van der Waals surface area (Å²) in [6.45, 7) is 4.03. The molecule has 1 heterocycles. The van der Waals surface area contributed by atoms with Crippen molar-refractivity contribution in [1.29, 1.82) is 0 Å². The molecule has 0 aliphatic carbocycles. The number of carbonyl (C=O) groups is 1. The van der Waals surface area contributed by atoms with Gasteiger partial charge in [0.05, 0.1) is 16.6 Å². The number of rotatable bonds is 3. The smallest absolute Gasteiger partial charge is 0.232 e. The first kappa shape index (κ1) is 12.4. The third-order valence-corrected chi connectivity index (χ3v) is 3.66. The molecule has 3 N–H and O–H groups in total. The molecule has 1 aliphatic rings. The number of carbonyl (C=O) groups excluding carboxylic acids is 1. The highest BCUT2D eigenvalue weighted by Gasteiger charge is 2.31. The van der Waals surface area contributed by atoms with Gasteiger partial charge in [-0.25, -0.2) is 0 Å². The van der Waals surface area contributed by atoms with E-state index in [1.807, 2.05) is 26.0 Å². The van der Waals surface area contributed by atoms with Gasteiger partial charge in [0.25, 0.3) is 0 Å². The molecule has 2 unspecified atom stereocenters. The summed E-state index contributed by atoms with van der Waals surface area (Å²) in [4.78, 5) is 11.8. The van der Waals surface area contributed by atoms with E-state index in [4.69, 9.17) is 17.3 Å². The molecule has 3 nitrogen and oxygen atoms in total. The third kappa shape index (κ3) is 2.05. The maximum atomic E-state index is 11.8. The van der Waals surface area contributed by atoms with Crippen molar-refractivity contribution < 1.29 is 4.79 Å². The maximum absolute atomic E-state index is 11.8. The van der Waals surface area contributed by atoms with Crippen LogP contribution in [0.2, 0.25) is 5.02 Å². The number of halogens is 1. The van der Waals surface area contributed by atoms with Crippen LogP contribution >= 0.6 is 11.6 Å². The van der Waals surface area contributed by atoms with Crippen molar-refractivity contribution in [2.75, 3.05) is 5.32 Å². The quantitative estimate of drug-likeness (QED) is 0.868. The molecule has 0 saturated heterocycles. The lowest BCUT2D eigenvalue weighted by molar-refractivity contribution is -0.117. The van der Waals surface area contributed by atoms with Crippen molar-refractivity contribution in [3.63, 3.8) is 0 Å². The minimum absolute atomic E-state index is 0.0222. The molecule has 2 atom stereocenters. The van der Waals surface area contributed by atoms with Gasteiger partial charge in [-0.05, 0) is 30.0 Å². The molecule has 4 heteroatoms.